The first-order chi connectivity index (χ1) is 25.2. The number of esters is 1. The molecule has 0 aromatic heterocycles. The van der Waals surface area contributed by atoms with Crippen LogP contribution in [0.4, 0.5) is 9.59 Å². The van der Waals surface area contributed by atoms with Gasteiger partial charge in [-0.15, -0.1) is 0 Å². The van der Waals surface area contributed by atoms with Crippen molar-refractivity contribution in [3.8, 4) is 11.5 Å². The quantitative estimate of drug-likeness (QED) is 0.122. The molecule has 2 heterocycles. The van der Waals surface area contributed by atoms with Gasteiger partial charge >= 0.3 is 25.3 Å². The lowest BCUT2D eigenvalue weighted by molar-refractivity contribution is -0.199. The molecule has 2 aliphatic heterocycles. The van der Waals surface area contributed by atoms with Crippen LogP contribution in [0.25, 0.3) is 0 Å². The van der Waals surface area contributed by atoms with Crippen LogP contribution in [-0.4, -0.2) is 101 Å². The molecule has 306 valence electrons. The Morgan fingerprint density at radius 1 is 0.945 bits per heavy atom. The van der Waals surface area contributed by atoms with Crippen LogP contribution in [0.5, 0.6) is 11.5 Å². The number of nitrogens with one attached hydrogen (secondary N) is 1. The van der Waals surface area contributed by atoms with Crippen molar-refractivity contribution in [1.82, 2.24) is 10.2 Å². The maximum absolute atomic E-state index is 14.0. The Balaban J connectivity index is 1.38. The summed E-state index contributed by atoms with van der Waals surface area (Å²) in [6.07, 6.45) is -0.794. The molecule has 0 radical (unpaired) electrons. The predicted octanol–water partition coefficient (Wildman–Crippen LogP) is 6.09. The molecule has 3 saturated carbocycles. The SMILES string of the molecule is C[C@@H](O)[C@H](NC(=O)OC(C)(C)C)C(=O)N1CC(Oc2ccc(CCB3O[C@@H]4C[C@@H]5C[C@@H](C5(C)C)[C@]4(C)O3)c(OC(=O)OC(C)(C)C)c2C(=O)OC(C)(C)C)C1. The first-order valence-corrected chi connectivity index (χ1v) is 19.4. The van der Waals surface area contributed by atoms with Crippen molar-refractivity contribution in [2.45, 2.75) is 162 Å². The first kappa shape index (κ1) is 42.6. The van der Waals surface area contributed by atoms with Crippen molar-refractivity contribution >= 4 is 31.2 Å². The Kier molecular flexibility index (Phi) is 11.7. The molecule has 2 N–H and O–H groups in total. The molecule has 14 nitrogen and oxygen atoms in total. The van der Waals surface area contributed by atoms with Crippen LogP contribution in [-0.2, 0) is 34.7 Å². The van der Waals surface area contributed by atoms with E-state index in [9.17, 15) is 24.3 Å². The van der Waals surface area contributed by atoms with Gasteiger partial charge in [-0.2, -0.15) is 0 Å². The van der Waals surface area contributed by atoms with Crippen LogP contribution in [0.3, 0.4) is 0 Å². The van der Waals surface area contributed by atoms with Crippen molar-refractivity contribution < 1.29 is 57.3 Å². The number of aryl methyl sites for hydroxylation is 1. The number of carbonyl (C=O) groups is 4. The summed E-state index contributed by atoms with van der Waals surface area (Å²) in [4.78, 5) is 54.4. The highest BCUT2D eigenvalue weighted by atomic mass is 16.7. The van der Waals surface area contributed by atoms with Gasteiger partial charge in [-0.05, 0) is 131 Å². The smallest absolute Gasteiger partial charge is 0.486 e. The van der Waals surface area contributed by atoms with Crippen molar-refractivity contribution in [1.29, 1.82) is 0 Å². The summed E-state index contributed by atoms with van der Waals surface area (Å²) in [6.45, 7) is 23.7. The molecular formula is C40H61BN2O12. The highest BCUT2D eigenvalue weighted by Crippen LogP contribution is 2.65. The maximum atomic E-state index is 14.0. The molecule has 0 unspecified atom stereocenters. The summed E-state index contributed by atoms with van der Waals surface area (Å²) in [7, 11) is -0.491. The summed E-state index contributed by atoms with van der Waals surface area (Å²) < 4.78 is 41.9. The van der Waals surface area contributed by atoms with E-state index < -0.39 is 71.9 Å². The van der Waals surface area contributed by atoms with Crippen LogP contribution in [0, 0.1) is 17.3 Å². The van der Waals surface area contributed by atoms with Crippen LogP contribution in [0.15, 0.2) is 12.1 Å². The molecule has 6 atom stereocenters. The molecule has 55 heavy (non-hydrogen) atoms. The van der Waals surface area contributed by atoms with Crippen molar-refractivity contribution in [3.05, 3.63) is 23.3 Å². The minimum atomic E-state index is -1.25. The number of hydrogen-bond donors (Lipinski definition) is 2. The third-order valence-corrected chi connectivity index (χ3v) is 10.9. The summed E-state index contributed by atoms with van der Waals surface area (Å²) in [5.41, 5.74) is -2.37. The maximum Gasteiger partial charge on any atom is 0.514 e. The van der Waals surface area contributed by atoms with Gasteiger partial charge in [0.2, 0.25) is 5.91 Å². The van der Waals surface area contributed by atoms with Gasteiger partial charge in [-0.1, -0.05) is 19.9 Å². The van der Waals surface area contributed by atoms with Gasteiger partial charge in [0.05, 0.1) is 30.9 Å². The largest absolute Gasteiger partial charge is 0.514 e. The fourth-order valence-electron chi connectivity index (χ4n) is 8.14. The number of aliphatic hydroxyl groups is 1. The number of aliphatic hydroxyl groups excluding tert-OH is 1. The Labute approximate surface area is 325 Å². The van der Waals surface area contributed by atoms with Crippen molar-refractivity contribution in [2.24, 2.45) is 17.3 Å². The number of rotatable bonds is 10. The van der Waals surface area contributed by atoms with Gasteiger partial charge in [-0.3, -0.25) is 4.79 Å². The summed E-state index contributed by atoms with van der Waals surface area (Å²) in [6, 6.07) is 2.10. The molecule has 2 amide bonds. The van der Waals surface area contributed by atoms with Crippen LogP contribution in [0.2, 0.25) is 6.32 Å². The molecule has 1 aromatic carbocycles. The zero-order chi connectivity index (χ0) is 41.1. The second-order valence-electron chi connectivity index (χ2n) is 19.3. The fraction of sp³-hybridized carbons (Fsp3) is 0.750. The standard InChI is InChI=1S/C40H61BN2O12/c1-22(44)30(42-34(47)52-37(5,6)7)32(45)43-20-25(21-43)49-26-15-14-23(16-17-41-54-28-19-24-18-27(39(24,11)12)40(28,13)55-41)31(50-35(48)53-38(8,9)10)29(26)33(46)51-36(2,3)4/h14-15,22,24-25,27-28,30,44H,16-21H2,1-13H3,(H,42,47)/t22-,24+,27+,28-,30+,40+/m1/s1. The molecule has 2 bridgehead atoms. The normalized spacial score (nSPS) is 25.7. The van der Waals surface area contributed by atoms with Gasteiger partial charge in [0, 0.05) is 0 Å². The highest BCUT2D eigenvalue weighted by Gasteiger charge is 2.67. The lowest BCUT2D eigenvalue weighted by Gasteiger charge is -2.64. The Morgan fingerprint density at radius 3 is 2.13 bits per heavy atom. The Hall–Kier alpha value is -3.56. The molecule has 0 spiro atoms. The van der Waals surface area contributed by atoms with E-state index in [1.54, 1.807) is 74.4 Å². The van der Waals surface area contributed by atoms with Gasteiger partial charge in [0.25, 0.3) is 0 Å². The number of carbonyl (C=O) groups excluding carboxylic acids is 4. The highest BCUT2D eigenvalue weighted by molar-refractivity contribution is 6.45. The molecule has 2 saturated heterocycles. The number of nitrogens with zero attached hydrogens (tertiary/aromatic N) is 1. The van der Waals surface area contributed by atoms with E-state index in [0.29, 0.717) is 30.1 Å². The lowest BCUT2D eigenvalue weighted by Crippen LogP contribution is -2.65. The van der Waals surface area contributed by atoms with Crippen molar-refractivity contribution in [2.75, 3.05) is 13.1 Å². The van der Waals surface area contributed by atoms with Gasteiger partial charge in [0.15, 0.2) is 5.75 Å². The summed E-state index contributed by atoms with van der Waals surface area (Å²) in [5.74, 6) is -0.282. The average Bonchev–Trinajstić information content (AvgIpc) is 3.33. The van der Waals surface area contributed by atoms with E-state index in [-0.39, 0.29) is 41.7 Å². The number of amides is 2. The number of alkyl carbamates (subject to hydrolysis) is 1. The van der Waals surface area contributed by atoms with Crippen molar-refractivity contribution in [3.63, 3.8) is 0 Å². The minimum Gasteiger partial charge on any atom is -0.486 e. The zero-order valence-corrected chi connectivity index (χ0v) is 34.8. The molecule has 5 fully saturated rings. The minimum absolute atomic E-state index is 0.00209. The van der Waals surface area contributed by atoms with E-state index >= 15 is 0 Å². The summed E-state index contributed by atoms with van der Waals surface area (Å²) in [5, 5.41) is 12.8. The monoisotopic (exact) mass is 772 g/mol. The molecular weight excluding hydrogens is 711 g/mol. The van der Waals surface area contributed by atoms with Gasteiger partial charge in [-0.25, -0.2) is 14.4 Å². The first-order valence-electron chi connectivity index (χ1n) is 19.4. The molecule has 3 aliphatic carbocycles. The van der Waals surface area contributed by atoms with Gasteiger partial charge in [0.1, 0.15) is 40.3 Å². The molecule has 6 rings (SSSR count). The van der Waals surface area contributed by atoms with E-state index in [0.717, 1.165) is 12.8 Å². The second kappa shape index (κ2) is 15.1. The average molecular weight is 773 g/mol. The van der Waals surface area contributed by atoms with E-state index in [4.69, 9.17) is 33.0 Å². The third-order valence-electron chi connectivity index (χ3n) is 10.9. The number of likely N-dealkylation sites (tertiary alicyclic amines) is 1. The number of ether oxygens (including phenoxy) is 5. The Morgan fingerprint density at radius 2 is 1.56 bits per heavy atom. The zero-order valence-electron chi connectivity index (χ0n) is 34.8. The second-order valence-corrected chi connectivity index (χ2v) is 19.3. The third kappa shape index (κ3) is 9.71. The molecule has 1 aromatic rings. The molecule has 5 aliphatic rings. The van der Waals surface area contributed by atoms with Gasteiger partial charge < -0.3 is 48.3 Å². The lowest BCUT2D eigenvalue weighted by atomic mass is 9.43. The number of benzene rings is 1. The van der Waals surface area contributed by atoms with E-state index in [1.807, 2.05) is 0 Å². The predicted molar refractivity (Wildman–Crippen MR) is 203 cm³/mol. The van der Waals surface area contributed by atoms with E-state index in [2.05, 4.69) is 26.1 Å². The number of hydrogen-bond acceptors (Lipinski definition) is 12. The topological polar surface area (TPSA) is 168 Å². The van der Waals surface area contributed by atoms with Crippen LogP contribution >= 0.6 is 0 Å². The van der Waals surface area contributed by atoms with E-state index in [1.165, 1.54) is 11.8 Å². The Bertz CT molecular complexity index is 1640. The summed E-state index contributed by atoms with van der Waals surface area (Å²) >= 11 is 0. The van der Waals surface area contributed by atoms with Crippen LogP contribution < -0.4 is 14.8 Å². The molecule has 15 heteroatoms. The van der Waals surface area contributed by atoms with Crippen LogP contribution in [0.1, 0.15) is 119 Å². The fourth-order valence-corrected chi connectivity index (χ4v) is 8.14.